The number of piperidine rings is 1. The van der Waals surface area contributed by atoms with Crippen molar-refractivity contribution in [1.29, 1.82) is 0 Å². The predicted molar refractivity (Wildman–Crippen MR) is 64.4 cm³/mol. The SMILES string of the molecule is CC1(O)CCN(C(=O)c2ccnc(N)c2)CC1. The molecule has 1 aromatic rings. The minimum Gasteiger partial charge on any atom is -0.390 e. The van der Waals surface area contributed by atoms with E-state index in [2.05, 4.69) is 4.98 Å². The van der Waals surface area contributed by atoms with Crippen LogP contribution in [0.15, 0.2) is 18.3 Å². The number of hydrogen-bond donors (Lipinski definition) is 2. The maximum absolute atomic E-state index is 12.1. The van der Waals surface area contributed by atoms with Crippen molar-refractivity contribution >= 4 is 11.7 Å². The molecule has 5 nitrogen and oxygen atoms in total. The number of anilines is 1. The van der Waals surface area contributed by atoms with Gasteiger partial charge in [-0.2, -0.15) is 0 Å². The molecular formula is C12H17N3O2. The van der Waals surface area contributed by atoms with Crippen LogP contribution in [0.1, 0.15) is 30.1 Å². The van der Waals surface area contributed by atoms with Gasteiger partial charge < -0.3 is 15.7 Å². The minimum absolute atomic E-state index is 0.0467. The van der Waals surface area contributed by atoms with E-state index in [9.17, 15) is 9.90 Å². The molecule has 2 heterocycles. The maximum Gasteiger partial charge on any atom is 0.254 e. The lowest BCUT2D eigenvalue weighted by Gasteiger charge is -2.35. The summed E-state index contributed by atoms with van der Waals surface area (Å²) in [5.74, 6) is 0.300. The van der Waals surface area contributed by atoms with Crippen LogP contribution in [0.3, 0.4) is 0 Å². The average Bonchev–Trinajstić information content (AvgIpc) is 2.28. The minimum atomic E-state index is -0.645. The van der Waals surface area contributed by atoms with Crippen molar-refractivity contribution in [3.8, 4) is 0 Å². The number of carbonyl (C=O) groups is 1. The topological polar surface area (TPSA) is 79.5 Å². The number of nitrogens with zero attached hydrogens (tertiary/aromatic N) is 2. The van der Waals surface area contributed by atoms with Crippen molar-refractivity contribution < 1.29 is 9.90 Å². The Kier molecular flexibility index (Phi) is 3.02. The number of rotatable bonds is 1. The highest BCUT2D eigenvalue weighted by Gasteiger charge is 2.29. The second-order valence-corrected chi connectivity index (χ2v) is 4.76. The first-order chi connectivity index (χ1) is 7.98. The smallest absolute Gasteiger partial charge is 0.254 e. The first-order valence-electron chi connectivity index (χ1n) is 5.71. The Morgan fingerprint density at radius 2 is 2.18 bits per heavy atom. The van der Waals surface area contributed by atoms with Crippen molar-refractivity contribution in [1.82, 2.24) is 9.88 Å². The molecule has 5 heteroatoms. The summed E-state index contributed by atoms with van der Waals surface area (Å²) >= 11 is 0. The molecule has 1 saturated heterocycles. The summed E-state index contributed by atoms with van der Waals surface area (Å²) in [4.78, 5) is 17.7. The lowest BCUT2D eigenvalue weighted by molar-refractivity contribution is -0.00202. The van der Waals surface area contributed by atoms with Crippen molar-refractivity contribution in [2.75, 3.05) is 18.8 Å². The summed E-state index contributed by atoms with van der Waals surface area (Å²) in [6, 6.07) is 3.24. The van der Waals surface area contributed by atoms with Gasteiger partial charge >= 0.3 is 0 Å². The number of nitrogens with two attached hydrogens (primary N) is 1. The molecule has 2 rings (SSSR count). The first kappa shape index (κ1) is 11.9. The van der Waals surface area contributed by atoms with Crippen molar-refractivity contribution in [2.45, 2.75) is 25.4 Å². The van der Waals surface area contributed by atoms with Crippen LogP contribution in [-0.2, 0) is 0 Å². The molecule has 0 unspecified atom stereocenters. The summed E-state index contributed by atoms with van der Waals surface area (Å²) in [7, 11) is 0. The molecule has 0 radical (unpaired) electrons. The fourth-order valence-electron chi connectivity index (χ4n) is 1.96. The Bertz CT molecular complexity index is 422. The lowest BCUT2D eigenvalue weighted by Crippen LogP contribution is -2.45. The summed E-state index contributed by atoms with van der Waals surface area (Å²) in [6.45, 7) is 2.96. The largest absolute Gasteiger partial charge is 0.390 e. The van der Waals surface area contributed by atoms with Gasteiger partial charge in [-0.15, -0.1) is 0 Å². The summed E-state index contributed by atoms with van der Waals surface area (Å²) in [6.07, 6.45) is 2.75. The number of hydrogen-bond acceptors (Lipinski definition) is 4. The van der Waals surface area contributed by atoms with Crippen LogP contribution < -0.4 is 5.73 Å². The highest BCUT2D eigenvalue weighted by molar-refractivity contribution is 5.94. The number of aliphatic hydroxyl groups is 1. The van der Waals surface area contributed by atoms with Gasteiger partial charge in [0.15, 0.2) is 0 Å². The molecule has 0 spiro atoms. The maximum atomic E-state index is 12.1. The highest BCUT2D eigenvalue weighted by Crippen LogP contribution is 2.22. The number of likely N-dealkylation sites (tertiary alicyclic amines) is 1. The quantitative estimate of drug-likeness (QED) is 0.749. The third kappa shape index (κ3) is 2.74. The molecule has 0 aromatic carbocycles. The fourth-order valence-corrected chi connectivity index (χ4v) is 1.96. The standard InChI is InChI=1S/C12H17N3O2/c1-12(17)3-6-15(7-4-12)11(16)9-2-5-14-10(13)8-9/h2,5,8,17H,3-4,6-7H2,1H3,(H2,13,14). The second kappa shape index (κ2) is 4.33. The van der Waals surface area contributed by atoms with Crippen LogP contribution >= 0.6 is 0 Å². The van der Waals surface area contributed by atoms with Gasteiger partial charge in [-0.1, -0.05) is 0 Å². The van der Waals surface area contributed by atoms with E-state index in [1.54, 1.807) is 24.0 Å². The molecule has 3 N–H and O–H groups in total. The van der Waals surface area contributed by atoms with Crippen LogP contribution in [0, 0.1) is 0 Å². The molecule has 1 aliphatic rings. The fraction of sp³-hybridized carbons (Fsp3) is 0.500. The Morgan fingerprint density at radius 3 is 2.76 bits per heavy atom. The molecule has 0 atom stereocenters. The van der Waals surface area contributed by atoms with Crippen LogP contribution in [0.5, 0.6) is 0 Å². The van der Waals surface area contributed by atoms with E-state index in [1.807, 2.05) is 0 Å². The molecule has 1 fully saturated rings. The number of pyridine rings is 1. The van der Waals surface area contributed by atoms with Crippen molar-refractivity contribution in [3.05, 3.63) is 23.9 Å². The third-order valence-electron chi connectivity index (χ3n) is 3.16. The van der Waals surface area contributed by atoms with E-state index < -0.39 is 5.60 Å². The Morgan fingerprint density at radius 1 is 1.53 bits per heavy atom. The van der Waals surface area contributed by atoms with Crippen molar-refractivity contribution in [3.63, 3.8) is 0 Å². The molecule has 17 heavy (non-hydrogen) atoms. The first-order valence-corrected chi connectivity index (χ1v) is 5.71. The van der Waals surface area contributed by atoms with Crippen LogP contribution in [0.2, 0.25) is 0 Å². The molecule has 0 saturated carbocycles. The van der Waals surface area contributed by atoms with Crippen molar-refractivity contribution in [2.24, 2.45) is 0 Å². The number of aromatic nitrogens is 1. The van der Waals surface area contributed by atoms with E-state index in [0.29, 0.717) is 37.3 Å². The Balaban J connectivity index is 2.07. The Hall–Kier alpha value is -1.62. The predicted octanol–water partition coefficient (Wildman–Crippen LogP) is 0.651. The van der Waals surface area contributed by atoms with Crippen LogP contribution in [-0.4, -0.2) is 39.6 Å². The third-order valence-corrected chi connectivity index (χ3v) is 3.16. The summed E-state index contributed by atoms with van der Waals surface area (Å²) < 4.78 is 0. The second-order valence-electron chi connectivity index (χ2n) is 4.76. The van der Waals surface area contributed by atoms with Gasteiger partial charge in [0.2, 0.25) is 0 Å². The van der Waals surface area contributed by atoms with E-state index in [1.165, 1.54) is 6.20 Å². The van der Waals surface area contributed by atoms with Crippen LogP contribution in [0.25, 0.3) is 0 Å². The zero-order valence-corrected chi connectivity index (χ0v) is 9.89. The van der Waals surface area contributed by atoms with E-state index in [0.717, 1.165) is 0 Å². The summed E-state index contributed by atoms with van der Waals surface area (Å²) in [5.41, 5.74) is 5.46. The number of nitrogen functional groups attached to an aromatic ring is 1. The van der Waals surface area contributed by atoms with Gasteiger partial charge in [0.25, 0.3) is 5.91 Å². The molecule has 92 valence electrons. The molecule has 0 bridgehead atoms. The molecular weight excluding hydrogens is 218 g/mol. The van der Waals surface area contributed by atoms with E-state index >= 15 is 0 Å². The van der Waals surface area contributed by atoms with Gasteiger partial charge in [-0.3, -0.25) is 4.79 Å². The number of carbonyl (C=O) groups excluding carboxylic acids is 1. The Labute approximate surface area is 100 Å². The van der Waals surface area contributed by atoms with Gasteiger partial charge in [0, 0.05) is 24.8 Å². The molecule has 1 aromatic heterocycles. The molecule has 1 amide bonds. The van der Waals surface area contributed by atoms with Gasteiger partial charge in [0.1, 0.15) is 5.82 Å². The van der Waals surface area contributed by atoms with Crippen LogP contribution in [0.4, 0.5) is 5.82 Å². The van der Waals surface area contributed by atoms with Gasteiger partial charge in [0.05, 0.1) is 5.60 Å². The zero-order valence-electron chi connectivity index (χ0n) is 9.89. The zero-order chi connectivity index (χ0) is 12.5. The normalized spacial score (nSPS) is 19.1. The molecule has 1 aliphatic heterocycles. The summed E-state index contributed by atoms with van der Waals surface area (Å²) in [5, 5.41) is 9.82. The van der Waals surface area contributed by atoms with E-state index in [-0.39, 0.29) is 5.91 Å². The lowest BCUT2D eigenvalue weighted by atomic mass is 9.93. The van der Waals surface area contributed by atoms with Gasteiger partial charge in [-0.05, 0) is 31.9 Å². The van der Waals surface area contributed by atoms with E-state index in [4.69, 9.17) is 5.73 Å². The molecule has 0 aliphatic carbocycles. The average molecular weight is 235 g/mol. The van der Waals surface area contributed by atoms with Gasteiger partial charge in [-0.25, -0.2) is 4.98 Å². The number of amides is 1. The monoisotopic (exact) mass is 235 g/mol. The highest BCUT2D eigenvalue weighted by atomic mass is 16.3.